The summed E-state index contributed by atoms with van der Waals surface area (Å²) in [5.41, 5.74) is 1.89. The molecule has 1 N–H and O–H groups in total. The van der Waals surface area contributed by atoms with Gasteiger partial charge in [-0.3, -0.25) is 9.20 Å². The van der Waals surface area contributed by atoms with E-state index in [-0.39, 0.29) is 18.3 Å². The molecule has 0 unspecified atom stereocenters. The first-order valence-electron chi connectivity index (χ1n) is 10.0. The molecule has 1 aliphatic carbocycles. The van der Waals surface area contributed by atoms with Crippen LogP contribution < -0.4 is 5.32 Å². The van der Waals surface area contributed by atoms with Gasteiger partial charge in [0, 0.05) is 22.8 Å². The van der Waals surface area contributed by atoms with E-state index in [1.54, 1.807) is 0 Å². The van der Waals surface area contributed by atoms with Crippen molar-refractivity contribution in [2.75, 3.05) is 7.11 Å². The second-order valence-corrected chi connectivity index (χ2v) is 8.42. The molecule has 3 aromatic rings. The Kier molecular flexibility index (Phi) is 5.67. The van der Waals surface area contributed by atoms with Gasteiger partial charge in [-0.2, -0.15) is 0 Å². The molecule has 4 rings (SSSR count). The van der Waals surface area contributed by atoms with Gasteiger partial charge < -0.3 is 10.1 Å². The molecule has 2 aromatic heterocycles. The molecule has 0 atom stereocenters. The predicted molar refractivity (Wildman–Crippen MR) is 113 cm³/mol. The number of nitrogens with zero attached hydrogens (tertiary/aromatic N) is 2. The monoisotopic (exact) mass is 411 g/mol. The first kappa shape index (κ1) is 19.6. The SMILES string of the molecule is COC(=O)C1(NC(=O)Cc2csc3nc(-c4ccccc4)cn23)CCCCCC1. The third-order valence-corrected chi connectivity index (χ3v) is 6.50. The lowest BCUT2D eigenvalue weighted by atomic mass is 9.90. The molecule has 0 aliphatic heterocycles. The third kappa shape index (κ3) is 4.05. The number of hydrogen-bond donors (Lipinski definition) is 1. The van der Waals surface area contributed by atoms with Crippen LogP contribution in [-0.2, 0) is 20.7 Å². The molecule has 2 heterocycles. The van der Waals surface area contributed by atoms with Crippen LogP contribution >= 0.6 is 11.3 Å². The Labute approximate surface area is 173 Å². The van der Waals surface area contributed by atoms with Crippen molar-refractivity contribution in [3.8, 4) is 11.3 Å². The normalized spacial score (nSPS) is 16.3. The van der Waals surface area contributed by atoms with Crippen molar-refractivity contribution in [2.45, 2.75) is 50.5 Å². The summed E-state index contributed by atoms with van der Waals surface area (Å²) < 4.78 is 7.00. The van der Waals surface area contributed by atoms with Gasteiger partial charge in [0.05, 0.1) is 19.2 Å². The molecular formula is C22H25N3O3S. The highest BCUT2D eigenvalue weighted by Crippen LogP contribution is 2.29. The zero-order valence-electron chi connectivity index (χ0n) is 16.5. The number of rotatable bonds is 5. The average Bonchev–Trinajstić information content (AvgIpc) is 3.23. The molecule has 1 aliphatic rings. The Balaban J connectivity index is 1.53. The van der Waals surface area contributed by atoms with E-state index in [2.05, 4.69) is 10.3 Å². The molecule has 0 bridgehead atoms. The van der Waals surface area contributed by atoms with Crippen LogP contribution in [0.5, 0.6) is 0 Å². The molecule has 0 spiro atoms. The van der Waals surface area contributed by atoms with Gasteiger partial charge in [0.2, 0.25) is 5.91 Å². The number of hydrogen-bond acceptors (Lipinski definition) is 5. The Hall–Kier alpha value is -2.67. The van der Waals surface area contributed by atoms with Crippen LogP contribution in [0.2, 0.25) is 0 Å². The van der Waals surface area contributed by atoms with Crippen molar-refractivity contribution in [1.29, 1.82) is 0 Å². The fourth-order valence-corrected chi connectivity index (χ4v) is 4.96. The first-order chi connectivity index (χ1) is 14.1. The molecule has 29 heavy (non-hydrogen) atoms. The van der Waals surface area contributed by atoms with Crippen molar-refractivity contribution >= 4 is 28.2 Å². The van der Waals surface area contributed by atoms with Gasteiger partial charge >= 0.3 is 5.97 Å². The minimum Gasteiger partial charge on any atom is -0.467 e. The van der Waals surface area contributed by atoms with E-state index >= 15 is 0 Å². The van der Waals surface area contributed by atoms with Gasteiger partial charge in [-0.1, -0.05) is 56.0 Å². The molecule has 1 amide bonds. The molecule has 6 nitrogen and oxygen atoms in total. The topological polar surface area (TPSA) is 72.7 Å². The second-order valence-electron chi connectivity index (χ2n) is 7.58. The lowest BCUT2D eigenvalue weighted by Gasteiger charge is -2.30. The van der Waals surface area contributed by atoms with Crippen LogP contribution in [0, 0.1) is 0 Å². The average molecular weight is 412 g/mol. The maximum atomic E-state index is 12.9. The van der Waals surface area contributed by atoms with Gasteiger partial charge in [-0.05, 0) is 12.8 Å². The van der Waals surface area contributed by atoms with Crippen LogP contribution in [0.25, 0.3) is 16.2 Å². The summed E-state index contributed by atoms with van der Waals surface area (Å²) in [6, 6.07) is 9.98. The number of benzene rings is 1. The van der Waals surface area contributed by atoms with Gasteiger partial charge in [0.15, 0.2) is 4.96 Å². The maximum absolute atomic E-state index is 12.9. The fraction of sp³-hybridized carbons (Fsp3) is 0.409. The highest BCUT2D eigenvalue weighted by Gasteiger charge is 2.41. The summed E-state index contributed by atoms with van der Waals surface area (Å²) in [5, 5.41) is 4.97. The lowest BCUT2D eigenvalue weighted by Crippen LogP contribution is -2.55. The number of methoxy groups -OCH3 is 1. The number of amides is 1. The standard InChI is InChI=1S/C22H25N3O3S/c1-28-20(27)22(11-7-2-3-8-12-22)24-19(26)13-17-15-29-21-23-18(14-25(17)21)16-9-5-4-6-10-16/h4-6,9-10,14-15H,2-3,7-8,11-13H2,1H3,(H,24,26). The van der Waals surface area contributed by atoms with Gasteiger partial charge in [-0.15, -0.1) is 11.3 Å². The zero-order chi connectivity index (χ0) is 20.3. The third-order valence-electron chi connectivity index (χ3n) is 5.61. The van der Waals surface area contributed by atoms with Crippen LogP contribution in [-0.4, -0.2) is 33.9 Å². The quantitative estimate of drug-likeness (QED) is 0.509. The number of ether oxygens (including phenoxy) is 1. The molecule has 0 radical (unpaired) electrons. The number of nitrogens with one attached hydrogen (secondary N) is 1. The van der Waals surface area contributed by atoms with E-state index in [9.17, 15) is 9.59 Å². The highest BCUT2D eigenvalue weighted by atomic mass is 32.1. The molecule has 0 saturated heterocycles. The molecule has 7 heteroatoms. The second kappa shape index (κ2) is 8.37. The van der Waals surface area contributed by atoms with Crippen LogP contribution in [0.1, 0.15) is 44.2 Å². The minimum absolute atomic E-state index is 0.160. The summed E-state index contributed by atoms with van der Waals surface area (Å²) >= 11 is 1.51. The first-order valence-corrected chi connectivity index (χ1v) is 10.9. The lowest BCUT2D eigenvalue weighted by molar-refractivity contribution is -0.151. The Bertz CT molecular complexity index is 1000. The largest absolute Gasteiger partial charge is 0.467 e. The minimum atomic E-state index is -0.901. The van der Waals surface area contributed by atoms with E-state index in [1.165, 1.54) is 18.4 Å². The van der Waals surface area contributed by atoms with E-state index < -0.39 is 5.54 Å². The number of fused-ring (bicyclic) bond motifs is 1. The zero-order valence-corrected chi connectivity index (χ0v) is 17.3. The Morgan fingerprint density at radius 3 is 2.59 bits per heavy atom. The van der Waals surface area contributed by atoms with Crippen molar-refractivity contribution in [1.82, 2.24) is 14.7 Å². The summed E-state index contributed by atoms with van der Waals surface area (Å²) in [4.78, 5) is 30.9. The van der Waals surface area contributed by atoms with Gasteiger partial charge in [0.25, 0.3) is 0 Å². The summed E-state index contributed by atoms with van der Waals surface area (Å²) in [7, 11) is 1.39. The molecule has 152 valence electrons. The fourth-order valence-electron chi connectivity index (χ4n) is 4.09. The smallest absolute Gasteiger partial charge is 0.331 e. The predicted octanol–water partition coefficient (Wildman–Crippen LogP) is 3.99. The summed E-state index contributed by atoms with van der Waals surface area (Å²) in [6.07, 6.45) is 7.42. The van der Waals surface area contributed by atoms with Gasteiger partial charge in [0.1, 0.15) is 5.54 Å². The van der Waals surface area contributed by atoms with E-state index in [0.717, 1.165) is 47.6 Å². The van der Waals surface area contributed by atoms with E-state index in [0.29, 0.717) is 12.8 Å². The number of imidazole rings is 1. The number of carbonyl (C=O) groups is 2. The van der Waals surface area contributed by atoms with Crippen molar-refractivity contribution in [3.63, 3.8) is 0 Å². The van der Waals surface area contributed by atoms with Crippen molar-refractivity contribution < 1.29 is 14.3 Å². The maximum Gasteiger partial charge on any atom is 0.331 e. The molecule has 1 aromatic carbocycles. The Morgan fingerprint density at radius 1 is 1.17 bits per heavy atom. The van der Waals surface area contributed by atoms with Crippen molar-refractivity contribution in [2.24, 2.45) is 0 Å². The van der Waals surface area contributed by atoms with Crippen molar-refractivity contribution in [3.05, 3.63) is 47.6 Å². The number of carbonyl (C=O) groups excluding carboxylic acids is 2. The number of aromatic nitrogens is 2. The van der Waals surface area contributed by atoms with E-state index in [1.807, 2.05) is 46.3 Å². The van der Waals surface area contributed by atoms with Crippen LogP contribution in [0.4, 0.5) is 0 Å². The highest BCUT2D eigenvalue weighted by molar-refractivity contribution is 7.15. The number of thiazole rings is 1. The number of esters is 1. The van der Waals surface area contributed by atoms with Crippen LogP contribution in [0.3, 0.4) is 0 Å². The molecular weight excluding hydrogens is 386 g/mol. The molecule has 1 saturated carbocycles. The summed E-state index contributed by atoms with van der Waals surface area (Å²) in [5.74, 6) is -0.496. The molecule has 1 fully saturated rings. The van der Waals surface area contributed by atoms with Gasteiger partial charge in [-0.25, -0.2) is 9.78 Å². The van der Waals surface area contributed by atoms with E-state index in [4.69, 9.17) is 4.74 Å². The van der Waals surface area contributed by atoms with Crippen LogP contribution in [0.15, 0.2) is 41.9 Å². The Morgan fingerprint density at radius 2 is 1.90 bits per heavy atom. The summed E-state index contributed by atoms with van der Waals surface area (Å²) in [6.45, 7) is 0.